The fourth-order valence-electron chi connectivity index (χ4n) is 2.36. The number of aliphatic hydroxyl groups is 1. The predicted octanol–water partition coefficient (Wildman–Crippen LogP) is 3.52. The van der Waals surface area contributed by atoms with Gasteiger partial charge in [-0.2, -0.15) is 0 Å². The van der Waals surface area contributed by atoms with Gasteiger partial charge in [0.2, 0.25) is 0 Å². The van der Waals surface area contributed by atoms with Crippen LogP contribution in [0.4, 0.5) is 0 Å². The minimum Gasteiger partial charge on any atom is -0.507 e. The smallest absolute Gasteiger partial charge is 0.124 e. The van der Waals surface area contributed by atoms with Gasteiger partial charge in [-0.25, -0.2) is 0 Å². The molecule has 0 radical (unpaired) electrons. The number of hydrogen-bond acceptors (Lipinski definition) is 2. The third kappa shape index (κ3) is 2.49. The fraction of sp³-hybridized carbons (Fsp3) is 0.294. The summed E-state index contributed by atoms with van der Waals surface area (Å²) < 4.78 is 0. The number of benzene rings is 2. The van der Waals surface area contributed by atoms with E-state index in [2.05, 4.69) is 26.0 Å². The minimum atomic E-state index is -0.163. The second-order valence-electron chi connectivity index (χ2n) is 5.45. The maximum Gasteiger partial charge on any atom is 0.124 e. The van der Waals surface area contributed by atoms with E-state index in [1.807, 2.05) is 37.3 Å². The molecule has 19 heavy (non-hydrogen) atoms. The molecular formula is C17H20O2. The molecule has 2 aromatic rings. The zero-order chi connectivity index (χ0) is 14.0. The standard InChI is InChI=1S/C17H20O2/c1-12-9-15(10-13(11-18)16(12)19)17(2,3)14-7-5-4-6-8-14/h4-10,18-19H,11H2,1-3H3. The average molecular weight is 256 g/mol. The Morgan fingerprint density at radius 2 is 1.63 bits per heavy atom. The second kappa shape index (κ2) is 5.06. The van der Waals surface area contributed by atoms with E-state index < -0.39 is 0 Å². The molecule has 0 fully saturated rings. The van der Waals surface area contributed by atoms with Gasteiger partial charge in [0.25, 0.3) is 0 Å². The Morgan fingerprint density at radius 1 is 1.00 bits per heavy atom. The molecule has 0 amide bonds. The molecule has 0 spiro atoms. The lowest BCUT2D eigenvalue weighted by Gasteiger charge is -2.27. The van der Waals surface area contributed by atoms with Crippen LogP contribution >= 0.6 is 0 Å². The van der Waals surface area contributed by atoms with Crippen molar-refractivity contribution in [2.45, 2.75) is 32.8 Å². The monoisotopic (exact) mass is 256 g/mol. The molecule has 0 unspecified atom stereocenters. The van der Waals surface area contributed by atoms with Crippen LogP contribution in [0.5, 0.6) is 5.75 Å². The van der Waals surface area contributed by atoms with E-state index in [0.29, 0.717) is 5.56 Å². The Morgan fingerprint density at radius 3 is 2.21 bits per heavy atom. The highest BCUT2D eigenvalue weighted by molar-refractivity contribution is 5.48. The van der Waals surface area contributed by atoms with Crippen molar-refractivity contribution in [3.05, 3.63) is 64.7 Å². The van der Waals surface area contributed by atoms with Gasteiger partial charge < -0.3 is 10.2 Å². The van der Waals surface area contributed by atoms with Crippen LogP contribution < -0.4 is 0 Å². The average Bonchev–Trinajstić information content (AvgIpc) is 2.42. The first kappa shape index (κ1) is 13.6. The van der Waals surface area contributed by atoms with Crippen molar-refractivity contribution in [1.29, 1.82) is 0 Å². The summed E-state index contributed by atoms with van der Waals surface area (Å²) in [7, 11) is 0. The Balaban J connectivity index is 2.55. The Bertz CT molecular complexity index is 571. The number of aryl methyl sites for hydroxylation is 1. The maximum atomic E-state index is 9.90. The zero-order valence-electron chi connectivity index (χ0n) is 11.6. The van der Waals surface area contributed by atoms with Gasteiger partial charge in [-0.1, -0.05) is 50.2 Å². The van der Waals surface area contributed by atoms with Gasteiger partial charge in [-0.15, -0.1) is 0 Å². The van der Waals surface area contributed by atoms with Crippen LogP contribution in [0.3, 0.4) is 0 Å². The molecule has 2 rings (SSSR count). The van der Waals surface area contributed by atoms with Crippen LogP contribution in [0.2, 0.25) is 0 Å². The number of hydrogen-bond donors (Lipinski definition) is 2. The molecule has 0 bridgehead atoms. The van der Waals surface area contributed by atoms with Crippen LogP contribution in [0, 0.1) is 6.92 Å². The third-order valence-corrected chi connectivity index (χ3v) is 3.77. The molecule has 100 valence electrons. The first-order chi connectivity index (χ1) is 8.96. The highest BCUT2D eigenvalue weighted by Crippen LogP contribution is 2.35. The molecule has 0 aliphatic rings. The lowest BCUT2D eigenvalue weighted by molar-refractivity contribution is 0.275. The molecule has 2 aromatic carbocycles. The lowest BCUT2D eigenvalue weighted by Crippen LogP contribution is -2.19. The summed E-state index contributed by atoms with van der Waals surface area (Å²) in [5, 5.41) is 19.2. The Labute approximate surface area is 114 Å². The molecule has 0 aliphatic heterocycles. The Hall–Kier alpha value is -1.80. The summed E-state index contributed by atoms with van der Waals surface area (Å²) in [6.07, 6.45) is 0. The predicted molar refractivity (Wildman–Crippen MR) is 77.3 cm³/mol. The summed E-state index contributed by atoms with van der Waals surface area (Å²) in [6.45, 7) is 6.01. The molecule has 0 saturated carbocycles. The summed E-state index contributed by atoms with van der Waals surface area (Å²) in [6, 6.07) is 14.1. The van der Waals surface area contributed by atoms with Crippen molar-refractivity contribution in [3.8, 4) is 5.75 Å². The highest BCUT2D eigenvalue weighted by atomic mass is 16.3. The van der Waals surface area contributed by atoms with Crippen LogP contribution in [0.25, 0.3) is 0 Å². The minimum absolute atomic E-state index is 0.147. The molecule has 0 atom stereocenters. The van der Waals surface area contributed by atoms with Crippen molar-refractivity contribution in [2.24, 2.45) is 0 Å². The number of aromatic hydroxyl groups is 1. The van der Waals surface area contributed by atoms with E-state index >= 15 is 0 Å². The molecule has 2 N–H and O–H groups in total. The van der Waals surface area contributed by atoms with Gasteiger partial charge in [-0.05, 0) is 29.7 Å². The van der Waals surface area contributed by atoms with E-state index in [-0.39, 0.29) is 17.8 Å². The normalized spacial score (nSPS) is 11.6. The van der Waals surface area contributed by atoms with Crippen molar-refractivity contribution in [2.75, 3.05) is 0 Å². The van der Waals surface area contributed by atoms with Crippen LogP contribution in [0.15, 0.2) is 42.5 Å². The second-order valence-corrected chi connectivity index (χ2v) is 5.45. The molecule has 2 nitrogen and oxygen atoms in total. The van der Waals surface area contributed by atoms with Gasteiger partial charge in [0.15, 0.2) is 0 Å². The lowest BCUT2D eigenvalue weighted by atomic mass is 9.77. The topological polar surface area (TPSA) is 40.5 Å². The van der Waals surface area contributed by atoms with Crippen LogP contribution in [-0.4, -0.2) is 10.2 Å². The van der Waals surface area contributed by atoms with Crippen LogP contribution in [-0.2, 0) is 12.0 Å². The van der Waals surface area contributed by atoms with E-state index in [0.717, 1.165) is 11.1 Å². The van der Waals surface area contributed by atoms with Crippen molar-refractivity contribution in [3.63, 3.8) is 0 Å². The molecule has 0 aliphatic carbocycles. The van der Waals surface area contributed by atoms with Gasteiger partial charge in [0, 0.05) is 11.0 Å². The first-order valence-corrected chi connectivity index (χ1v) is 6.46. The number of aliphatic hydroxyl groups excluding tert-OH is 1. The van der Waals surface area contributed by atoms with E-state index in [9.17, 15) is 10.2 Å². The van der Waals surface area contributed by atoms with E-state index in [1.165, 1.54) is 5.56 Å². The molecular weight excluding hydrogens is 236 g/mol. The Kier molecular flexibility index (Phi) is 3.63. The summed E-state index contributed by atoms with van der Waals surface area (Å²) in [4.78, 5) is 0. The summed E-state index contributed by atoms with van der Waals surface area (Å²) >= 11 is 0. The van der Waals surface area contributed by atoms with Gasteiger partial charge in [0.05, 0.1) is 6.61 Å². The van der Waals surface area contributed by atoms with Crippen molar-refractivity contribution < 1.29 is 10.2 Å². The molecule has 0 heterocycles. The maximum absolute atomic E-state index is 9.90. The number of rotatable bonds is 3. The third-order valence-electron chi connectivity index (χ3n) is 3.77. The first-order valence-electron chi connectivity index (χ1n) is 6.46. The van der Waals surface area contributed by atoms with Gasteiger partial charge in [0.1, 0.15) is 5.75 Å². The molecule has 0 aromatic heterocycles. The summed E-state index contributed by atoms with van der Waals surface area (Å²) in [5.41, 5.74) is 3.52. The largest absolute Gasteiger partial charge is 0.507 e. The highest BCUT2D eigenvalue weighted by Gasteiger charge is 2.24. The fourth-order valence-corrected chi connectivity index (χ4v) is 2.36. The van der Waals surface area contributed by atoms with Crippen molar-refractivity contribution >= 4 is 0 Å². The van der Waals surface area contributed by atoms with Gasteiger partial charge >= 0.3 is 0 Å². The zero-order valence-corrected chi connectivity index (χ0v) is 11.6. The van der Waals surface area contributed by atoms with Gasteiger partial charge in [-0.3, -0.25) is 0 Å². The molecule has 2 heteroatoms. The SMILES string of the molecule is Cc1cc(C(C)(C)c2ccccc2)cc(CO)c1O. The van der Waals surface area contributed by atoms with Crippen LogP contribution in [0.1, 0.15) is 36.1 Å². The molecule has 0 saturated heterocycles. The van der Waals surface area contributed by atoms with E-state index in [4.69, 9.17) is 0 Å². The van der Waals surface area contributed by atoms with E-state index in [1.54, 1.807) is 0 Å². The summed E-state index contributed by atoms with van der Waals surface area (Å²) in [5.74, 6) is 0.190. The quantitative estimate of drug-likeness (QED) is 0.882. The van der Waals surface area contributed by atoms with Crippen molar-refractivity contribution in [1.82, 2.24) is 0 Å². The number of phenols is 1.